The van der Waals surface area contributed by atoms with Crippen LogP contribution in [0, 0.1) is 6.92 Å². The van der Waals surface area contributed by atoms with Crippen molar-refractivity contribution in [1.29, 1.82) is 0 Å². The molecule has 130 valence electrons. The number of hydrogen-bond donors (Lipinski definition) is 0. The highest BCUT2D eigenvalue weighted by molar-refractivity contribution is 9.10. The number of ether oxygens (including phenoxy) is 2. The fourth-order valence-corrected chi connectivity index (χ4v) is 3.94. The predicted octanol–water partition coefficient (Wildman–Crippen LogP) is 5.12. The molecule has 1 aromatic heterocycles. The van der Waals surface area contributed by atoms with Gasteiger partial charge in [-0.25, -0.2) is 0 Å². The van der Waals surface area contributed by atoms with Crippen molar-refractivity contribution < 1.29 is 13.9 Å². The lowest BCUT2D eigenvalue weighted by atomic mass is 10.1. The third kappa shape index (κ3) is 3.82. The van der Waals surface area contributed by atoms with Crippen LogP contribution in [0.5, 0.6) is 11.5 Å². The molecule has 5 nitrogen and oxygen atoms in total. The summed E-state index contributed by atoms with van der Waals surface area (Å²) in [6.45, 7) is 2.02. The van der Waals surface area contributed by atoms with Gasteiger partial charge in [0.15, 0.2) is 11.5 Å². The monoisotopic (exact) mass is 420 g/mol. The van der Waals surface area contributed by atoms with E-state index in [1.807, 2.05) is 43.3 Å². The van der Waals surface area contributed by atoms with Crippen LogP contribution in [0.2, 0.25) is 0 Å². The standard InChI is InChI=1S/C18H17BrN2O3S/c1-11-6-4-5-7-13(11)17-20-21-18(24-17)25-10-12-8-9-14(22-2)16(23-3)15(12)19/h4-9H,10H2,1-3H3. The van der Waals surface area contributed by atoms with Gasteiger partial charge in [0.2, 0.25) is 5.89 Å². The summed E-state index contributed by atoms with van der Waals surface area (Å²) >= 11 is 5.05. The minimum absolute atomic E-state index is 0.528. The molecular formula is C18H17BrN2O3S. The predicted molar refractivity (Wildman–Crippen MR) is 101 cm³/mol. The Morgan fingerprint density at radius 1 is 1.08 bits per heavy atom. The zero-order valence-corrected chi connectivity index (χ0v) is 16.5. The average molecular weight is 421 g/mol. The molecule has 0 amide bonds. The van der Waals surface area contributed by atoms with Gasteiger partial charge in [-0.15, -0.1) is 10.2 Å². The van der Waals surface area contributed by atoms with Gasteiger partial charge in [-0.3, -0.25) is 0 Å². The first-order chi connectivity index (χ1) is 12.1. The molecule has 1 heterocycles. The second kappa shape index (κ2) is 7.93. The van der Waals surface area contributed by atoms with E-state index < -0.39 is 0 Å². The van der Waals surface area contributed by atoms with Gasteiger partial charge in [0.05, 0.1) is 18.7 Å². The Hall–Kier alpha value is -1.99. The summed E-state index contributed by atoms with van der Waals surface area (Å²) in [6, 6.07) is 11.8. The molecule has 0 atom stereocenters. The number of aromatic nitrogens is 2. The largest absolute Gasteiger partial charge is 0.493 e. The van der Waals surface area contributed by atoms with Crippen LogP contribution in [0.25, 0.3) is 11.5 Å². The molecule has 7 heteroatoms. The first-order valence-electron chi connectivity index (χ1n) is 7.55. The first kappa shape index (κ1) is 17.8. The topological polar surface area (TPSA) is 57.4 Å². The summed E-state index contributed by atoms with van der Waals surface area (Å²) in [5, 5.41) is 8.81. The van der Waals surface area contributed by atoms with Crippen LogP contribution in [0.4, 0.5) is 0 Å². The van der Waals surface area contributed by atoms with Gasteiger partial charge >= 0.3 is 0 Å². The van der Waals surface area contributed by atoms with Gasteiger partial charge in [-0.1, -0.05) is 36.0 Å². The van der Waals surface area contributed by atoms with Crippen molar-refractivity contribution in [3.63, 3.8) is 0 Å². The minimum atomic E-state index is 0.528. The van der Waals surface area contributed by atoms with E-state index in [0.717, 1.165) is 21.2 Å². The molecule has 0 aliphatic carbocycles. The van der Waals surface area contributed by atoms with Crippen LogP contribution in [0.1, 0.15) is 11.1 Å². The molecule has 0 radical (unpaired) electrons. The van der Waals surface area contributed by atoms with Gasteiger partial charge < -0.3 is 13.9 Å². The van der Waals surface area contributed by atoms with Crippen molar-refractivity contribution in [3.05, 3.63) is 52.0 Å². The highest BCUT2D eigenvalue weighted by atomic mass is 79.9. The van der Waals surface area contributed by atoms with E-state index in [4.69, 9.17) is 13.9 Å². The van der Waals surface area contributed by atoms with Crippen LogP contribution in [-0.2, 0) is 5.75 Å². The van der Waals surface area contributed by atoms with Crippen LogP contribution >= 0.6 is 27.7 Å². The van der Waals surface area contributed by atoms with E-state index >= 15 is 0 Å². The number of benzene rings is 2. The number of aryl methyl sites for hydroxylation is 1. The van der Waals surface area contributed by atoms with Crippen molar-refractivity contribution in [3.8, 4) is 23.0 Å². The quantitative estimate of drug-likeness (QED) is 0.515. The maximum atomic E-state index is 5.78. The first-order valence-corrected chi connectivity index (χ1v) is 9.33. The van der Waals surface area contributed by atoms with Gasteiger partial charge in [0, 0.05) is 11.3 Å². The maximum absolute atomic E-state index is 5.78. The minimum Gasteiger partial charge on any atom is -0.493 e. The fraction of sp³-hybridized carbons (Fsp3) is 0.222. The summed E-state index contributed by atoms with van der Waals surface area (Å²) in [7, 11) is 3.23. The molecule has 0 saturated heterocycles. The Labute approximate surface area is 158 Å². The third-order valence-electron chi connectivity index (χ3n) is 3.70. The smallest absolute Gasteiger partial charge is 0.277 e. The second-order valence-corrected chi connectivity index (χ2v) is 6.97. The highest BCUT2D eigenvalue weighted by Crippen LogP contribution is 2.39. The average Bonchev–Trinajstić information content (AvgIpc) is 3.09. The maximum Gasteiger partial charge on any atom is 0.277 e. The van der Waals surface area contributed by atoms with E-state index in [1.54, 1.807) is 14.2 Å². The third-order valence-corrected chi connectivity index (χ3v) is 5.43. The van der Waals surface area contributed by atoms with E-state index in [-0.39, 0.29) is 0 Å². The van der Waals surface area contributed by atoms with Crippen LogP contribution in [-0.4, -0.2) is 24.4 Å². The van der Waals surface area contributed by atoms with Gasteiger partial charge in [-0.2, -0.15) is 0 Å². The lowest BCUT2D eigenvalue weighted by Gasteiger charge is -2.12. The number of thioether (sulfide) groups is 1. The van der Waals surface area contributed by atoms with E-state index in [0.29, 0.717) is 28.4 Å². The van der Waals surface area contributed by atoms with Crippen LogP contribution in [0.15, 0.2) is 50.5 Å². The molecule has 2 aromatic carbocycles. The number of hydrogen-bond acceptors (Lipinski definition) is 6. The molecule has 3 rings (SSSR count). The van der Waals surface area contributed by atoms with Crippen molar-refractivity contribution in [2.24, 2.45) is 0 Å². The molecular weight excluding hydrogens is 404 g/mol. The van der Waals surface area contributed by atoms with E-state index in [9.17, 15) is 0 Å². The molecule has 0 N–H and O–H groups in total. The highest BCUT2D eigenvalue weighted by Gasteiger charge is 2.15. The molecule has 0 aliphatic heterocycles. The Morgan fingerprint density at radius 3 is 2.60 bits per heavy atom. The number of methoxy groups -OCH3 is 2. The Balaban J connectivity index is 1.76. The zero-order valence-electron chi connectivity index (χ0n) is 14.1. The summed E-state index contributed by atoms with van der Waals surface area (Å²) in [5.74, 6) is 2.55. The summed E-state index contributed by atoms with van der Waals surface area (Å²) in [4.78, 5) is 0. The lowest BCUT2D eigenvalue weighted by molar-refractivity contribution is 0.353. The number of nitrogens with zero attached hydrogens (tertiary/aromatic N) is 2. The Morgan fingerprint density at radius 2 is 1.88 bits per heavy atom. The van der Waals surface area contributed by atoms with Gasteiger partial charge in [-0.05, 0) is 46.1 Å². The second-order valence-electron chi connectivity index (χ2n) is 5.25. The molecule has 0 aliphatic rings. The molecule has 0 spiro atoms. The molecule has 3 aromatic rings. The van der Waals surface area contributed by atoms with Crippen molar-refractivity contribution >= 4 is 27.7 Å². The van der Waals surface area contributed by atoms with Crippen LogP contribution in [0.3, 0.4) is 0 Å². The number of rotatable bonds is 6. The van der Waals surface area contributed by atoms with Crippen molar-refractivity contribution in [2.75, 3.05) is 14.2 Å². The SMILES string of the molecule is COc1ccc(CSc2nnc(-c3ccccc3C)o2)c(Br)c1OC. The lowest BCUT2D eigenvalue weighted by Crippen LogP contribution is -1.94. The molecule has 0 unspecified atom stereocenters. The van der Waals surface area contributed by atoms with E-state index in [2.05, 4.69) is 26.1 Å². The number of halogens is 1. The van der Waals surface area contributed by atoms with Gasteiger partial charge in [0.25, 0.3) is 5.22 Å². The molecule has 0 fully saturated rings. The van der Waals surface area contributed by atoms with Crippen LogP contribution < -0.4 is 9.47 Å². The normalized spacial score (nSPS) is 10.7. The molecule has 25 heavy (non-hydrogen) atoms. The Kier molecular flexibility index (Phi) is 5.65. The summed E-state index contributed by atoms with van der Waals surface area (Å²) in [6.07, 6.45) is 0. The van der Waals surface area contributed by atoms with Crippen molar-refractivity contribution in [2.45, 2.75) is 17.9 Å². The van der Waals surface area contributed by atoms with Gasteiger partial charge in [0.1, 0.15) is 0 Å². The summed E-state index contributed by atoms with van der Waals surface area (Å²) < 4.78 is 17.3. The summed E-state index contributed by atoms with van der Waals surface area (Å²) in [5.41, 5.74) is 3.11. The zero-order chi connectivity index (χ0) is 17.8. The molecule has 0 bridgehead atoms. The van der Waals surface area contributed by atoms with E-state index in [1.165, 1.54) is 11.8 Å². The fourth-order valence-electron chi connectivity index (χ4n) is 2.37. The molecule has 0 saturated carbocycles. The Bertz CT molecular complexity index is 883. The van der Waals surface area contributed by atoms with Crippen molar-refractivity contribution in [1.82, 2.24) is 10.2 Å².